The Balaban J connectivity index is 1.17. The van der Waals surface area contributed by atoms with E-state index in [1.807, 2.05) is 18.2 Å². The molecule has 0 atom stereocenters. The molecule has 0 amide bonds. The molecule has 6 aromatic carbocycles. The summed E-state index contributed by atoms with van der Waals surface area (Å²) in [6.07, 6.45) is 5.34. The average Bonchev–Trinajstić information content (AvgIpc) is 3.73. The maximum Gasteiger partial charge on any atom is 0.201 e. The fourth-order valence-electron chi connectivity index (χ4n) is 7.41. The minimum atomic E-state index is 0.610. The molecule has 0 saturated carbocycles. The zero-order valence-electron chi connectivity index (χ0n) is 26.7. The third-order valence-electron chi connectivity index (χ3n) is 9.71. The molecule has 0 spiro atoms. The second kappa shape index (κ2) is 11.1. The lowest BCUT2D eigenvalue weighted by atomic mass is 9.99. The van der Waals surface area contributed by atoms with Crippen LogP contribution in [0.25, 0.3) is 67.1 Å². The highest BCUT2D eigenvalue weighted by Gasteiger charge is 2.24. The van der Waals surface area contributed by atoms with Crippen molar-refractivity contribution in [2.24, 2.45) is 4.99 Å². The minimum absolute atomic E-state index is 0.610. The Bertz CT molecular complexity index is 2740. The minimum Gasteiger partial charge on any atom is -0.455 e. The fourth-order valence-corrected chi connectivity index (χ4v) is 7.41. The second-order valence-corrected chi connectivity index (χ2v) is 12.7. The van der Waals surface area contributed by atoms with Crippen LogP contribution in [0, 0.1) is 0 Å². The van der Waals surface area contributed by atoms with Crippen LogP contribution in [0.4, 0.5) is 17.3 Å². The van der Waals surface area contributed by atoms with E-state index in [1.165, 1.54) is 21.9 Å². The zero-order chi connectivity index (χ0) is 32.3. The van der Waals surface area contributed by atoms with Crippen LogP contribution in [0.15, 0.2) is 153 Å². The van der Waals surface area contributed by atoms with Gasteiger partial charge in [0, 0.05) is 34.6 Å². The molecule has 0 fully saturated rings. The van der Waals surface area contributed by atoms with E-state index in [4.69, 9.17) is 13.8 Å². The quantitative estimate of drug-likeness (QED) is 0.205. The van der Waals surface area contributed by atoms with Gasteiger partial charge in [0.2, 0.25) is 5.88 Å². The normalized spacial score (nSPS) is 13.7. The maximum absolute atomic E-state index is 6.25. The van der Waals surface area contributed by atoms with Gasteiger partial charge in [-0.25, -0.2) is 0 Å². The highest BCUT2D eigenvalue weighted by atomic mass is 16.4. The molecular formula is C44H31N3O2. The number of hydrogen-bond acceptors (Lipinski definition) is 5. The van der Waals surface area contributed by atoms with Gasteiger partial charge in [-0.2, -0.15) is 0 Å². The summed E-state index contributed by atoms with van der Waals surface area (Å²) in [6, 6.07) is 47.4. The lowest BCUT2D eigenvalue weighted by molar-refractivity contribution is 0.566. The number of anilines is 3. The molecule has 0 saturated heterocycles. The summed E-state index contributed by atoms with van der Waals surface area (Å²) in [7, 11) is 0. The van der Waals surface area contributed by atoms with Gasteiger partial charge in [-0.1, -0.05) is 91.0 Å². The van der Waals surface area contributed by atoms with E-state index in [1.54, 1.807) is 0 Å². The molecule has 0 unspecified atom stereocenters. The van der Waals surface area contributed by atoms with Crippen LogP contribution in [-0.4, -0.2) is 13.1 Å². The van der Waals surface area contributed by atoms with Gasteiger partial charge < -0.3 is 19.1 Å². The molecule has 8 aromatic rings. The van der Waals surface area contributed by atoms with Crippen molar-refractivity contribution in [2.45, 2.75) is 6.42 Å². The number of rotatable bonds is 5. The molecule has 1 N–H and O–H groups in total. The Hall–Kier alpha value is -6.33. The summed E-state index contributed by atoms with van der Waals surface area (Å²) in [5.41, 5.74) is 11.6. The predicted molar refractivity (Wildman–Crippen MR) is 201 cm³/mol. The van der Waals surface area contributed by atoms with Crippen molar-refractivity contribution in [3.05, 3.63) is 155 Å². The number of nitrogens with zero attached hydrogens (tertiary/aromatic N) is 2. The predicted octanol–water partition coefficient (Wildman–Crippen LogP) is 10.1. The molecule has 0 radical (unpaired) electrons. The molecule has 0 aliphatic carbocycles. The Morgan fingerprint density at radius 2 is 1.45 bits per heavy atom. The van der Waals surface area contributed by atoms with E-state index in [0.29, 0.717) is 6.54 Å². The van der Waals surface area contributed by atoms with E-state index >= 15 is 0 Å². The van der Waals surface area contributed by atoms with Crippen molar-refractivity contribution >= 4 is 62.1 Å². The standard InChI is InChI=1S/C44H31N3O2/c1-2-9-28(10-3-1)30-19-18-29-20-21-34(25-32(29)23-30)47(35-26-38-37-13-4-5-15-39(37)49-44(38)46-27-35)33-12-6-11-31(24-33)36-14-7-16-40-42(36)43-41(48-40)17-8-22-45-43/h1-7,9-21,23-26,46H,8,22,27H2. The first kappa shape index (κ1) is 27.8. The molecule has 2 aliphatic heterocycles. The third-order valence-corrected chi connectivity index (χ3v) is 9.71. The molecular weight excluding hydrogens is 603 g/mol. The molecule has 2 aliphatic rings. The summed E-state index contributed by atoms with van der Waals surface area (Å²) in [6.45, 7) is 1.39. The summed E-state index contributed by atoms with van der Waals surface area (Å²) in [4.78, 5) is 7.26. The number of benzene rings is 6. The lowest BCUT2D eigenvalue weighted by Gasteiger charge is -2.30. The third kappa shape index (κ3) is 4.66. The summed E-state index contributed by atoms with van der Waals surface area (Å²) >= 11 is 0. The van der Waals surface area contributed by atoms with Gasteiger partial charge in [0.05, 0.1) is 11.9 Å². The summed E-state index contributed by atoms with van der Waals surface area (Å²) < 4.78 is 12.5. The molecule has 5 nitrogen and oxygen atoms in total. The van der Waals surface area contributed by atoms with Crippen LogP contribution >= 0.6 is 0 Å². The van der Waals surface area contributed by atoms with Crippen molar-refractivity contribution < 1.29 is 8.83 Å². The van der Waals surface area contributed by atoms with Crippen molar-refractivity contribution in [3.8, 4) is 22.3 Å². The van der Waals surface area contributed by atoms with Crippen molar-refractivity contribution in [1.29, 1.82) is 0 Å². The Morgan fingerprint density at radius 1 is 0.633 bits per heavy atom. The molecule has 0 bridgehead atoms. The van der Waals surface area contributed by atoms with Crippen LogP contribution < -0.4 is 21.0 Å². The van der Waals surface area contributed by atoms with E-state index in [9.17, 15) is 0 Å². The first-order chi connectivity index (χ1) is 24.3. The number of nitrogens with one attached hydrogen (secondary N) is 1. The smallest absolute Gasteiger partial charge is 0.201 e. The number of furan rings is 2. The molecule has 234 valence electrons. The van der Waals surface area contributed by atoms with Crippen LogP contribution in [-0.2, 0) is 0 Å². The van der Waals surface area contributed by atoms with Gasteiger partial charge in [0.15, 0.2) is 0 Å². The van der Waals surface area contributed by atoms with Crippen molar-refractivity contribution in [3.63, 3.8) is 0 Å². The van der Waals surface area contributed by atoms with Gasteiger partial charge in [-0.15, -0.1) is 0 Å². The van der Waals surface area contributed by atoms with Crippen molar-refractivity contribution in [2.75, 3.05) is 23.3 Å². The number of fused-ring (bicyclic) bond motifs is 7. The van der Waals surface area contributed by atoms with Crippen LogP contribution in [0.2, 0.25) is 0 Å². The number of para-hydroxylation sites is 1. The van der Waals surface area contributed by atoms with Crippen LogP contribution in [0.1, 0.15) is 12.0 Å². The second-order valence-electron chi connectivity index (χ2n) is 12.7. The Labute approximate surface area is 282 Å². The fraction of sp³-hybridized carbons (Fsp3) is 0.0682. The first-order valence-corrected chi connectivity index (χ1v) is 16.8. The topological polar surface area (TPSA) is 53.9 Å². The van der Waals surface area contributed by atoms with E-state index in [2.05, 4.69) is 138 Å². The van der Waals surface area contributed by atoms with Crippen molar-refractivity contribution in [1.82, 2.24) is 0 Å². The molecule has 49 heavy (non-hydrogen) atoms. The zero-order valence-corrected chi connectivity index (χ0v) is 26.7. The maximum atomic E-state index is 6.25. The molecule has 2 aromatic heterocycles. The van der Waals surface area contributed by atoms with E-state index in [0.717, 1.165) is 85.3 Å². The van der Waals surface area contributed by atoms with Gasteiger partial charge >= 0.3 is 0 Å². The summed E-state index contributed by atoms with van der Waals surface area (Å²) in [5, 5.41) is 9.10. The Kier molecular flexibility index (Phi) is 6.31. The van der Waals surface area contributed by atoms with Gasteiger partial charge in [-0.05, 0) is 94.1 Å². The SMILES string of the molecule is C1=C(N(c2cccc(-c3cccc4oc5c(c34)=NCCC=5)c2)c2ccc3ccc(-c4ccccc4)cc3c2)CNc2oc3ccccc3c21. The van der Waals surface area contributed by atoms with Gasteiger partial charge in [0.1, 0.15) is 21.9 Å². The number of hydrogen-bond donors (Lipinski definition) is 1. The molecule has 4 heterocycles. The monoisotopic (exact) mass is 633 g/mol. The van der Waals surface area contributed by atoms with Crippen LogP contribution in [0.5, 0.6) is 0 Å². The van der Waals surface area contributed by atoms with Gasteiger partial charge in [0.25, 0.3) is 0 Å². The van der Waals surface area contributed by atoms with E-state index in [-0.39, 0.29) is 0 Å². The largest absolute Gasteiger partial charge is 0.455 e. The Morgan fingerprint density at radius 3 is 2.41 bits per heavy atom. The molecule has 10 rings (SSSR count). The van der Waals surface area contributed by atoms with E-state index < -0.39 is 0 Å². The van der Waals surface area contributed by atoms with Gasteiger partial charge in [-0.3, -0.25) is 4.99 Å². The first-order valence-electron chi connectivity index (χ1n) is 16.8. The highest BCUT2D eigenvalue weighted by molar-refractivity contribution is 5.98. The molecule has 5 heteroatoms. The summed E-state index contributed by atoms with van der Waals surface area (Å²) in [5.74, 6) is 0.807. The average molecular weight is 634 g/mol. The highest BCUT2D eigenvalue weighted by Crippen LogP contribution is 2.41. The van der Waals surface area contributed by atoms with Crippen LogP contribution in [0.3, 0.4) is 0 Å². The lowest BCUT2D eigenvalue weighted by Crippen LogP contribution is -2.24.